The fourth-order valence-corrected chi connectivity index (χ4v) is 3.63. The number of aromatic nitrogens is 2. The number of anilines is 2. The molecule has 0 saturated carbocycles. The number of nitrogens with one attached hydrogen (secondary N) is 1. The van der Waals surface area contributed by atoms with Crippen LogP contribution >= 0.6 is 0 Å². The van der Waals surface area contributed by atoms with Gasteiger partial charge >= 0.3 is 0 Å². The van der Waals surface area contributed by atoms with Crippen molar-refractivity contribution in [2.24, 2.45) is 10.7 Å². The van der Waals surface area contributed by atoms with Crippen molar-refractivity contribution in [2.45, 2.75) is 18.3 Å². The Bertz CT molecular complexity index is 753. The normalized spacial score (nSPS) is 16.2. The Kier molecular flexibility index (Phi) is 5.37. The Labute approximate surface area is 154 Å². The van der Waals surface area contributed by atoms with Crippen molar-refractivity contribution in [3.8, 4) is 5.75 Å². The minimum absolute atomic E-state index is 0.0244. The molecule has 0 radical (unpaired) electrons. The van der Waals surface area contributed by atoms with Gasteiger partial charge in [0.2, 0.25) is 0 Å². The summed E-state index contributed by atoms with van der Waals surface area (Å²) in [6.45, 7) is 6.00. The lowest BCUT2D eigenvalue weighted by molar-refractivity contribution is 0.338. The molecule has 1 aromatic carbocycles. The molecule has 1 aromatic heterocycles. The van der Waals surface area contributed by atoms with E-state index in [0.717, 1.165) is 37.5 Å². The third-order valence-corrected chi connectivity index (χ3v) is 5.31. The lowest BCUT2D eigenvalue weighted by atomic mass is 9.73. The predicted octanol–water partition coefficient (Wildman–Crippen LogP) is 2.36. The quantitative estimate of drug-likeness (QED) is 0.774. The van der Waals surface area contributed by atoms with E-state index in [9.17, 15) is 0 Å². The number of ether oxygens (including phenoxy) is 1. The number of hydrogen-bond acceptors (Lipinski definition) is 7. The molecule has 0 aliphatic carbocycles. The van der Waals surface area contributed by atoms with Gasteiger partial charge in [-0.15, -0.1) is 0 Å². The van der Waals surface area contributed by atoms with Gasteiger partial charge < -0.3 is 20.7 Å². The van der Waals surface area contributed by atoms with Gasteiger partial charge in [-0.3, -0.25) is 4.99 Å². The molecule has 1 fully saturated rings. The number of hydrogen-bond donors (Lipinski definition) is 2. The summed E-state index contributed by atoms with van der Waals surface area (Å²) in [6.07, 6.45) is 3.46. The van der Waals surface area contributed by atoms with Crippen LogP contribution in [0.25, 0.3) is 0 Å². The molecule has 1 aliphatic heterocycles. The third kappa shape index (κ3) is 3.22. The van der Waals surface area contributed by atoms with E-state index in [4.69, 9.17) is 10.5 Å². The van der Waals surface area contributed by atoms with Crippen molar-refractivity contribution in [2.75, 3.05) is 44.0 Å². The Morgan fingerprint density at radius 2 is 1.96 bits per heavy atom. The van der Waals surface area contributed by atoms with Gasteiger partial charge in [0, 0.05) is 32.1 Å². The highest BCUT2D eigenvalue weighted by Crippen LogP contribution is 2.39. The van der Waals surface area contributed by atoms with Gasteiger partial charge in [-0.1, -0.05) is 12.1 Å². The minimum atomic E-state index is -0.0244. The lowest BCUT2D eigenvalue weighted by Gasteiger charge is -2.42. The standard InChI is InChI=1S/C19H26N6O/c1-21-16-17(22-2)23-13-24-18(16)25-10-8-19(12-20,9-11-25)14-4-6-15(26-3)7-5-14/h4-7,13H,1,8-12,20H2,2-3H3,(H,22,23,24). The zero-order valence-electron chi connectivity index (χ0n) is 15.4. The summed E-state index contributed by atoms with van der Waals surface area (Å²) in [5, 5.41) is 3.05. The molecule has 7 nitrogen and oxygen atoms in total. The molecule has 3 N–H and O–H groups in total. The molecule has 2 heterocycles. The largest absolute Gasteiger partial charge is 0.497 e. The lowest BCUT2D eigenvalue weighted by Crippen LogP contribution is -2.47. The minimum Gasteiger partial charge on any atom is -0.497 e. The fourth-order valence-electron chi connectivity index (χ4n) is 3.63. The first kappa shape index (κ1) is 18.1. The van der Waals surface area contributed by atoms with Crippen molar-refractivity contribution in [3.05, 3.63) is 36.2 Å². The summed E-state index contributed by atoms with van der Waals surface area (Å²) in [5.74, 6) is 2.37. The SMILES string of the molecule is C=Nc1c(NC)ncnc1N1CCC(CN)(c2ccc(OC)cc2)CC1. The molecule has 138 valence electrons. The second kappa shape index (κ2) is 7.70. The van der Waals surface area contributed by atoms with Gasteiger partial charge in [0.25, 0.3) is 0 Å². The molecule has 3 rings (SSSR count). The smallest absolute Gasteiger partial charge is 0.160 e. The molecule has 0 bridgehead atoms. The number of piperidine rings is 1. The molecular weight excluding hydrogens is 328 g/mol. The molecule has 7 heteroatoms. The van der Waals surface area contributed by atoms with Crippen LogP contribution in [0.1, 0.15) is 18.4 Å². The number of rotatable bonds is 6. The molecule has 1 aliphatic rings. The van der Waals surface area contributed by atoms with Gasteiger partial charge in [0.1, 0.15) is 17.8 Å². The van der Waals surface area contributed by atoms with Gasteiger partial charge in [-0.05, 0) is 37.3 Å². The maximum Gasteiger partial charge on any atom is 0.160 e. The second-order valence-electron chi connectivity index (χ2n) is 6.50. The Hall–Kier alpha value is -2.67. The van der Waals surface area contributed by atoms with Crippen LogP contribution in [0.15, 0.2) is 35.6 Å². The number of benzene rings is 1. The van der Waals surface area contributed by atoms with E-state index in [1.807, 2.05) is 19.2 Å². The molecule has 26 heavy (non-hydrogen) atoms. The van der Waals surface area contributed by atoms with Crippen LogP contribution in [0.3, 0.4) is 0 Å². The summed E-state index contributed by atoms with van der Waals surface area (Å²) in [7, 11) is 3.50. The first-order valence-corrected chi connectivity index (χ1v) is 8.76. The van der Waals surface area contributed by atoms with Gasteiger partial charge in [-0.2, -0.15) is 0 Å². The predicted molar refractivity (Wildman–Crippen MR) is 106 cm³/mol. The van der Waals surface area contributed by atoms with Crippen LogP contribution in [-0.4, -0.2) is 50.5 Å². The topological polar surface area (TPSA) is 88.7 Å². The van der Waals surface area contributed by atoms with Crippen LogP contribution in [-0.2, 0) is 5.41 Å². The molecule has 1 saturated heterocycles. The summed E-state index contributed by atoms with van der Waals surface area (Å²) in [5.41, 5.74) is 8.15. The molecule has 0 amide bonds. The van der Waals surface area contributed by atoms with Crippen LogP contribution in [0.2, 0.25) is 0 Å². The first-order valence-electron chi connectivity index (χ1n) is 8.76. The summed E-state index contributed by atoms with van der Waals surface area (Å²) in [4.78, 5) is 15.0. The Morgan fingerprint density at radius 3 is 2.50 bits per heavy atom. The molecule has 2 aromatic rings. The van der Waals surface area contributed by atoms with E-state index in [1.165, 1.54) is 5.56 Å². The van der Waals surface area contributed by atoms with Crippen molar-refractivity contribution < 1.29 is 4.74 Å². The van der Waals surface area contributed by atoms with Crippen LogP contribution in [0, 0.1) is 0 Å². The number of nitrogens with zero attached hydrogens (tertiary/aromatic N) is 4. The zero-order valence-corrected chi connectivity index (χ0v) is 15.4. The Balaban J connectivity index is 1.82. The van der Waals surface area contributed by atoms with Gasteiger partial charge in [-0.25, -0.2) is 9.97 Å². The third-order valence-electron chi connectivity index (χ3n) is 5.31. The van der Waals surface area contributed by atoms with E-state index in [0.29, 0.717) is 18.1 Å². The summed E-state index contributed by atoms with van der Waals surface area (Å²) < 4.78 is 5.27. The Morgan fingerprint density at radius 1 is 1.27 bits per heavy atom. The van der Waals surface area contributed by atoms with Crippen molar-refractivity contribution >= 4 is 24.0 Å². The number of nitrogens with two attached hydrogens (primary N) is 1. The van der Waals surface area contributed by atoms with Crippen LogP contribution in [0.5, 0.6) is 5.75 Å². The van der Waals surface area contributed by atoms with E-state index < -0.39 is 0 Å². The average Bonchev–Trinajstić information content (AvgIpc) is 2.73. The average molecular weight is 354 g/mol. The second-order valence-corrected chi connectivity index (χ2v) is 6.50. The number of methoxy groups -OCH3 is 1. The first-order chi connectivity index (χ1) is 12.7. The summed E-state index contributed by atoms with van der Waals surface area (Å²) in [6, 6.07) is 8.26. The van der Waals surface area contributed by atoms with Crippen LogP contribution < -0.4 is 20.7 Å². The zero-order chi connectivity index (χ0) is 18.6. The summed E-state index contributed by atoms with van der Waals surface area (Å²) >= 11 is 0. The van der Waals surface area contributed by atoms with Crippen molar-refractivity contribution in [3.63, 3.8) is 0 Å². The van der Waals surface area contributed by atoms with E-state index in [1.54, 1.807) is 13.4 Å². The fraction of sp³-hybridized carbons (Fsp3) is 0.421. The highest BCUT2D eigenvalue weighted by molar-refractivity contribution is 5.76. The maximum absolute atomic E-state index is 6.21. The monoisotopic (exact) mass is 354 g/mol. The maximum atomic E-state index is 6.21. The molecule has 0 spiro atoms. The van der Waals surface area contributed by atoms with Crippen molar-refractivity contribution in [1.29, 1.82) is 0 Å². The van der Waals surface area contributed by atoms with E-state index in [-0.39, 0.29) is 5.41 Å². The van der Waals surface area contributed by atoms with Crippen LogP contribution in [0.4, 0.5) is 17.3 Å². The van der Waals surface area contributed by atoms with Crippen molar-refractivity contribution in [1.82, 2.24) is 9.97 Å². The van der Waals surface area contributed by atoms with E-state index in [2.05, 4.69) is 44.0 Å². The molecule has 0 atom stereocenters. The highest BCUT2D eigenvalue weighted by Gasteiger charge is 2.36. The number of aliphatic imine (C=N–C) groups is 1. The van der Waals surface area contributed by atoms with Gasteiger partial charge in [0.15, 0.2) is 11.6 Å². The molecule has 0 unspecified atom stereocenters. The van der Waals surface area contributed by atoms with E-state index >= 15 is 0 Å². The molecular formula is C19H26N6O. The highest BCUT2D eigenvalue weighted by atomic mass is 16.5. The van der Waals surface area contributed by atoms with Gasteiger partial charge in [0.05, 0.1) is 7.11 Å².